The average Bonchev–Trinajstić information content (AvgIpc) is 2.63. The van der Waals surface area contributed by atoms with Crippen molar-refractivity contribution in [2.45, 2.75) is 13.0 Å². The molecule has 2 aromatic rings. The Morgan fingerprint density at radius 2 is 1.69 bits per heavy atom. The number of amides is 1. The minimum absolute atomic E-state index is 0.0741. The highest BCUT2D eigenvalue weighted by atomic mass is 19.1. The predicted molar refractivity (Wildman–Crippen MR) is 89.4 cm³/mol. The van der Waals surface area contributed by atoms with Gasteiger partial charge in [-0.15, -0.1) is 0 Å². The van der Waals surface area contributed by atoms with Gasteiger partial charge >= 0.3 is 5.97 Å². The van der Waals surface area contributed by atoms with Crippen molar-refractivity contribution in [2.24, 2.45) is 0 Å². The monoisotopic (exact) mass is 365 g/mol. The van der Waals surface area contributed by atoms with E-state index in [1.165, 1.54) is 45.4 Å². The van der Waals surface area contributed by atoms with Crippen molar-refractivity contribution in [3.05, 3.63) is 53.6 Å². The molecule has 0 heterocycles. The second-order valence-electron chi connectivity index (χ2n) is 5.20. The highest BCUT2D eigenvalue weighted by molar-refractivity contribution is 5.98. The van der Waals surface area contributed by atoms with E-state index in [4.69, 9.17) is 14.2 Å². The zero-order valence-electron chi connectivity index (χ0n) is 14.3. The summed E-state index contributed by atoms with van der Waals surface area (Å²) in [6.45, 7) is 1.28. The first-order valence-corrected chi connectivity index (χ1v) is 7.55. The molecule has 0 aliphatic heterocycles. The number of hydrogen-bond acceptors (Lipinski definition) is 5. The average molecular weight is 365 g/mol. The fraction of sp³-hybridized carbons (Fsp3) is 0.222. The lowest BCUT2D eigenvalue weighted by Gasteiger charge is -2.15. The number of ether oxygens (including phenoxy) is 3. The number of anilines is 1. The standard InChI is InChI=1S/C18H17F2NO5/c1-10(17(22)21-16-13(19)5-4-6-14(16)20)26-18(23)12-8-7-11(24-2)9-15(12)25-3/h4-10H,1-3H3,(H,21,22). The Morgan fingerprint density at radius 1 is 1.04 bits per heavy atom. The molecule has 0 bridgehead atoms. The molecule has 0 spiro atoms. The van der Waals surface area contributed by atoms with Crippen LogP contribution in [-0.4, -0.2) is 32.2 Å². The number of para-hydroxylation sites is 1. The van der Waals surface area contributed by atoms with Gasteiger partial charge in [-0.1, -0.05) is 6.07 Å². The predicted octanol–water partition coefficient (Wildman–Crippen LogP) is 3.17. The first-order valence-electron chi connectivity index (χ1n) is 7.55. The molecule has 1 N–H and O–H groups in total. The first-order chi connectivity index (χ1) is 12.4. The molecular formula is C18H17F2NO5. The molecule has 0 aliphatic carbocycles. The lowest BCUT2D eigenvalue weighted by Crippen LogP contribution is -2.30. The Bertz CT molecular complexity index is 805. The molecule has 0 radical (unpaired) electrons. The number of carbonyl (C=O) groups is 2. The van der Waals surface area contributed by atoms with Crippen molar-refractivity contribution < 1.29 is 32.6 Å². The van der Waals surface area contributed by atoms with Crippen LogP contribution in [0.4, 0.5) is 14.5 Å². The van der Waals surface area contributed by atoms with Crippen LogP contribution >= 0.6 is 0 Å². The lowest BCUT2D eigenvalue weighted by atomic mass is 10.2. The summed E-state index contributed by atoms with van der Waals surface area (Å²) in [5.74, 6) is -2.92. The zero-order chi connectivity index (χ0) is 19.3. The van der Waals surface area contributed by atoms with Crippen molar-refractivity contribution in [1.82, 2.24) is 0 Å². The Hall–Kier alpha value is -3.16. The molecule has 1 atom stereocenters. The molecule has 26 heavy (non-hydrogen) atoms. The van der Waals surface area contributed by atoms with Crippen LogP contribution in [0.1, 0.15) is 17.3 Å². The van der Waals surface area contributed by atoms with Crippen LogP contribution < -0.4 is 14.8 Å². The van der Waals surface area contributed by atoms with Gasteiger partial charge in [0, 0.05) is 6.07 Å². The summed E-state index contributed by atoms with van der Waals surface area (Å²) in [6.07, 6.45) is -1.30. The molecule has 6 nitrogen and oxygen atoms in total. The fourth-order valence-corrected chi connectivity index (χ4v) is 2.09. The number of halogens is 2. The maximum Gasteiger partial charge on any atom is 0.342 e. The molecular weight excluding hydrogens is 348 g/mol. The number of nitrogens with one attached hydrogen (secondary N) is 1. The van der Waals surface area contributed by atoms with Crippen LogP contribution in [0, 0.1) is 11.6 Å². The van der Waals surface area contributed by atoms with E-state index in [1.54, 1.807) is 0 Å². The number of rotatable bonds is 6. The Labute approximate surface area is 148 Å². The third kappa shape index (κ3) is 4.27. The summed E-state index contributed by atoms with van der Waals surface area (Å²) in [7, 11) is 2.82. The number of hydrogen-bond donors (Lipinski definition) is 1. The number of esters is 1. The van der Waals surface area contributed by atoms with Crippen LogP contribution in [0.5, 0.6) is 11.5 Å². The van der Waals surface area contributed by atoms with E-state index in [9.17, 15) is 18.4 Å². The number of benzene rings is 2. The van der Waals surface area contributed by atoms with Gasteiger partial charge in [0.1, 0.15) is 34.4 Å². The third-order valence-electron chi connectivity index (χ3n) is 3.49. The van der Waals surface area contributed by atoms with Gasteiger partial charge in [0.2, 0.25) is 0 Å². The normalized spacial score (nSPS) is 11.4. The van der Waals surface area contributed by atoms with Crippen LogP contribution in [0.25, 0.3) is 0 Å². The SMILES string of the molecule is COc1ccc(C(=O)OC(C)C(=O)Nc2c(F)cccc2F)c(OC)c1. The Morgan fingerprint density at radius 3 is 2.27 bits per heavy atom. The Balaban J connectivity index is 2.10. The smallest absolute Gasteiger partial charge is 0.342 e. The third-order valence-corrected chi connectivity index (χ3v) is 3.49. The van der Waals surface area contributed by atoms with E-state index in [1.807, 2.05) is 0 Å². The molecule has 0 aliphatic rings. The second kappa shape index (κ2) is 8.28. The van der Waals surface area contributed by atoms with Gasteiger partial charge in [-0.2, -0.15) is 0 Å². The second-order valence-corrected chi connectivity index (χ2v) is 5.20. The van der Waals surface area contributed by atoms with E-state index < -0.39 is 35.3 Å². The van der Waals surface area contributed by atoms with E-state index in [-0.39, 0.29) is 11.3 Å². The van der Waals surface area contributed by atoms with Crippen molar-refractivity contribution in [3.8, 4) is 11.5 Å². The van der Waals surface area contributed by atoms with Crippen LogP contribution in [0.15, 0.2) is 36.4 Å². The summed E-state index contributed by atoms with van der Waals surface area (Å²) in [4.78, 5) is 24.3. The van der Waals surface area contributed by atoms with Crippen LogP contribution in [0.2, 0.25) is 0 Å². The molecule has 0 saturated carbocycles. The molecule has 2 rings (SSSR count). The van der Waals surface area contributed by atoms with Gasteiger partial charge in [-0.3, -0.25) is 4.79 Å². The molecule has 0 aromatic heterocycles. The molecule has 2 aromatic carbocycles. The number of carbonyl (C=O) groups excluding carboxylic acids is 2. The maximum absolute atomic E-state index is 13.6. The van der Waals surface area contributed by atoms with Crippen LogP contribution in [0.3, 0.4) is 0 Å². The lowest BCUT2D eigenvalue weighted by molar-refractivity contribution is -0.123. The van der Waals surface area contributed by atoms with E-state index in [2.05, 4.69) is 5.32 Å². The van der Waals surface area contributed by atoms with E-state index in [0.29, 0.717) is 5.75 Å². The van der Waals surface area contributed by atoms with Crippen molar-refractivity contribution in [1.29, 1.82) is 0 Å². The molecule has 138 valence electrons. The van der Waals surface area contributed by atoms with Crippen molar-refractivity contribution >= 4 is 17.6 Å². The Kier molecular flexibility index (Phi) is 6.11. The molecule has 1 amide bonds. The summed E-state index contributed by atoms with van der Waals surface area (Å²) >= 11 is 0. The van der Waals surface area contributed by atoms with E-state index >= 15 is 0 Å². The fourth-order valence-electron chi connectivity index (χ4n) is 2.09. The topological polar surface area (TPSA) is 73.9 Å². The van der Waals surface area contributed by atoms with E-state index in [0.717, 1.165) is 12.1 Å². The summed E-state index contributed by atoms with van der Waals surface area (Å²) in [5, 5.41) is 2.06. The quantitative estimate of drug-likeness (QED) is 0.796. The maximum atomic E-state index is 13.6. The van der Waals surface area contributed by atoms with Gasteiger partial charge in [-0.05, 0) is 31.2 Å². The zero-order valence-corrected chi connectivity index (χ0v) is 14.3. The van der Waals surface area contributed by atoms with Gasteiger partial charge in [0.25, 0.3) is 5.91 Å². The largest absolute Gasteiger partial charge is 0.497 e. The highest BCUT2D eigenvalue weighted by Gasteiger charge is 2.23. The minimum atomic E-state index is -1.30. The van der Waals surface area contributed by atoms with Gasteiger partial charge in [-0.25, -0.2) is 13.6 Å². The molecule has 0 saturated heterocycles. The minimum Gasteiger partial charge on any atom is -0.497 e. The van der Waals surface area contributed by atoms with Crippen LogP contribution in [-0.2, 0) is 9.53 Å². The molecule has 0 fully saturated rings. The van der Waals surface area contributed by atoms with Gasteiger partial charge in [0.05, 0.1) is 14.2 Å². The summed E-state index contributed by atoms with van der Waals surface area (Å²) in [5.41, 5.74) is -0.535. The molecule has 8 heteroatoms. The summed E-state index contributed by atoms with van der Waals surface area (Å²) < 4.78 is 42.3. The van der Waals surface area contributed by atoms with Gasteiger partial charge < -0.3 is 19.5 Å². The van der Waals surface area contributed by atoms with Crippen molar-refractivity contribution in [3.63, 3.8) is 0 Å². The molecule has 1 unspecified atom stereocenters. The van der Waals surface area contributed by atoms with Crippen molar-refractivity contribution in [2.75, 3.05) is 19.5 Å². The number of methoxy groups -OCH3 is 2. The van der Waals surface area contributed by atoms with Gasteiger partial charge in [0.15, 0.2) is 6.10 Å². The summed E-state index contributed by atoms with van der Waals surface area (Å²) in [6, 6.07) is 7.59. The first kappa shape index (κ1) is 19.2. The highest BCUT2D eigenvalue weighted by Crippen LogP contribution is 2.25.